The van der Waals surface area contributed by atoms with E-state index in [9.17, 15) is 5.11 Å². The highest BCUT2D eigenvalue weighted by molar-refractivity contribution is 5.25. The summed E-state index contributed by atoms with van der Waals surface area (Å²) in [5.41, 5.74) is 2.46. The molecule has 0 bridgehead atoms. The van der Waals surface area contributed by atoms with Crippen molar-refractivity contribution in [2.45, 2.75) is 32.9 Å². The predicted molar refractivity (Wildman–Crippen MR) is 76.0 cm³/mol. The van der Waals surface area contributed by atoms with Crippen LogP contribution in [-0.2, 0) is 19.5 Å². The first kappa shape index (κ1) is 13.6. The van der Waals surface area contributed by atoms with Crippen LogP contribution in [-0.4, -0.2) is 21.2 Å². The van der Waals surface area contributed by atoms with Gasteiger partial charge in [0.1, 0.15) is 5.75 Å². The van der Waals surface area contributed by atoms with Crippen LogP contribution in [0, 0.1) is 0 Å². The SMILES string of the molecule is CCCn1cncc1CNCCc1ccc(O)cc1. The fraction of sp³-hybridized carbons (Fsp3) is 0.400. The molecule has 0 aliphatic rings. The Balaban J connectivity index is 1.74. The number of nitrogens with one attached hydrogen (secondary N) is 1. The summed E-state index contributed by atoms with van der Waals surface area (Å²) < 4.78 is 2.19. The average molecular weight is 259 g/mol. The molecule has 1 heterocycles. The number of benzene rings is 1. The Morgan fingerprint density at radius 1 is 1.26 bits per heavy atom. The lowest BCUT2D eigenvalue weighted by Crippen LogP contribution is -2.18. The highest BCUT2D eigenvalue weighted by atomic mass is 16.3. The Morgan fingerprint density at radius 2 is 2.05 bits per heavy atom. The van der Waals surface area contributed by atoms with Gasteiger partial charge in [-0.15, -0.1) is 0 Å². The van der Waals surface area contributed by atoms with Crippen molar-refractivity contribution in [3.8, 4) is 5.75 Å². The molecule has 0 fully saturated rings. The Morgan fingerprint density at radius 3 is 2.79 bits per heavy atom. The summed E-state index contributed by atoms with van der Waals surface area (Å²) in [4.78, 5) is 4.18. The monoisotopic (exact) mass is 259 g/mol. The van der Waals surface area contributed by atoms with Crippen LogP contribution < -0.4 is 5.32 Å². The second kappa shape index (κ2) is 6.95. The smallest absolute Gasteiger partial charge is 0.115 e. The van der Waals surface area contributed by atoms with Crippen molar-refractivity contribution >= 4 is 0 Å². The van der Waals surface area contributed by atoms with Crippen LogP contribution >= 0.6 is 0 Å². The summed E-state index contributed by atoms with van der Waals surface area (Å²) in [6.07, 6.45) is 5.89. The van der Waals surface area contributed by atoms with Gasteiger partial charge in [0.05, 0.1) is 12.0 Å². The van der Waals surface area contributed by atoms with Gasteiger partial charge in [0.15, 0.2) is 0 Å². The predicted octanol–water partition coefficient (Wildman–Crippen LogP) is 2.33. The van der Waals surface area contributed by atoms with Gasteiger partial charge in [-0.2, -0.15) is 0 Å². The minimum atomic E-state index is 0.320. The molecule has 0 radical (unpaired) electrons. The lowest BCUT2D eigenvalue weighted by molar-refractivity contribution is 0.475. The summed E-state index contributed by atoms with van der Waals surface area (Å²) in [5.74, 6) is 0.320. The number of phenolic OH excluding ortho intramolecular Hbond substituents is 1. The Kier molecular flexibility index (Phi) is 4.98. The molecule has 0 aliphatic heterocycles. The van der Waals surface area contributed by atoms with E-state index >= 15 is 0 Å². The molecule has 2 rings (SSSR count). The first-order chi connectivity index (χ1) is 9.29. The molecular weight excluding hydrogens is 238 g/mol. The highest BCUT2D eigenvalue weighted by Gasteiger charge is 2.00. The van der Waals surface area contributed by atoms with Gasteiger partial charge in [-0.1, -0.05) is 19.1 Å². The van der Waals surface area contributed by atoms with Gasteiger partial charge in [-0.25, -0.2) is 4.98 Å². The molecule has 0 amide bonds. The standard InChI is InChI=1S/C15H21N3O/c1-2-9-18-12-17-11-14(18)10-16-8-7-13-3-5-15(19)6-4-13/h3-6,11-12,16,19H,2,7-10H2,1H3. The van der Waals surface area contributed by atoms with Gasteiger partial charge in [-0.05, 0) is 37.1 Å². The summed E-state index contributed by atoms with van der Waals surface area (Å²) in [5, 5.41) is 12.6. The fourth-order valence-electron chi connectivity index (χ4n) is 2.05. The Hall–Kier alpha value is -1.81. The van der Waals surface area contributed by atoms with Gasteiger partial charge in [-0.3, -0.25) is 0 Å². The average Bonchev–Trinajstić information content (AvgIpc) is 2.85. The normalized spacial score (nSPS) is 10.8. The van der Waals surface area contributed by atoms with E-state index in [0.717, 1.165) is 32.5 Å². The molecule has 0 unspecified atom stereocenters. The van der Waals surface area contributed by atoms with Crippen LogP contribution in [0.15, 0.2) is 36.8 Å². The second-order valence-corrected chi connectivity index (χ2v) is 4.67. The molecule has 1 aromatic heterocycles. The molecule has 4 nitrogen and oxygen atoms in total. The number of rotatable bonds is 7. The van der Waals surface area contributed by atoms with E-state index in [4.69, 9.17) is 0 Å². The third kappa shape index (κ3) is 4.10. The maximum absolute atomic E-state index is 9.21. The maximum Gasteiger partial charge on any atom is 0.115 e. The summed E-state index contributed by atoms with van der Waals surface area (Å²) in [7, 11) is 0. The van der Waals surface area contributed by atoms with Crippen LogP contribution in [0.25, 0.3) is 0 Å². The molecule has 102 valence electrons. The number of nitrogens with zero attached hydrogens (tertiary/aromatic N) is 2. The van der Waals surface area contributed by atoms with Crippen molar-refractivity contribution in [1.29, 1.82) is 0 Å². The molecule has 2 aromatic rings. The molecule has 0 saturated heterocycles. The molecule has 0 saturated carbocycles. The van der Waals surface area contributed by atoms with Crippen LogP contribution in [0.1, 0.15) is 24.6 Å². The van der Waals surface area contributed by atoms with Crippen molar-refractivity contribution in [3.05, 3.63) is 48.0 Å². The molecule has 1 aromatic carbocycles. The van der Waals surface area contributed by atoms with E-state index in [1.54, 1.807) is 12.1 Å². The quantitative estimate of drug-likeness (QED) is 0.750. The Labute approximate surface area is 114 Å². The Bertz CT molecular complexity index is 490. The second-order valence-electron chi connectivity index (χ2n) is 4.67. The molecular formula is C15H21N3O. The van der Waals surface area contributed by atoms with Gasteiger partial charge >= 0.3 is 0 Å². The first-order valence-electron chi connectivity index (χ1n) is 6.77. The number of hydrogen-bond donors (Lipinski definition) is 2. The van der Waals surface area contributed by atoms with Crippen LogP contribution in [0.3, 0.4) is 0 Å². The third-order valence-electron chi connectivity index (χ3n) is 3.10. The van der Waals surface area contributed by atoms with Crippen molar-refractivity contribution in [1.82, 2.24) is 14.9 Å². The zero-order chi connectivity index (χ0) is 13.5. The van der Waals surface area contributed by atoms with E-state index in [1.807, 2.05) is 24.7 Å². The number of hydrogen-bond acceptors (Lipinski definition) is 3. The minimum Gasteiger partial charge on any atom is -0.508 e. The topological polar surface area (TPSA) is 50.1 Å². The first-order valence-corrected chi connectivity index (χ1v) is 6.77. The van der Waals surface area contributed by atoms with E-state index in [-0.39, 0.29) is 0 Å². The van der Waals surface area contributed by atoms with Crippen molar-refractivity contribution in [3.63, 3.8) is 0 Å². The zero-order valence-electron chi connectivity index (χ0n) is 11.3. The number of aromatic hydroxyl groups is 1. The van der Waals surface area contributed by atoms with Gasteiger partial charge < -0.3 is 15.0 Å². The van der Waals surface area contributed by atoms with Gasteiger partial charge in [0.25, 0.3) is 0 Å². The lowest BCUT2D eigenvalue weighted by atomic mass is 10.1. The highest BCUT2D eigenvalue weighted by Crippen LogP contribution is 2.09. The number of aromatic nitrogens is 2. The van der Waals surface area contributed by atoms with Crippen LogP contribution in [0.4, 0.5) is 0 Å². The molecule has 0 spiro atoms. The zero-order valence-corrected chi connectivity index (χ0v) is 11.3. The largest absolute Gasteiger partial charge is 0.508 e. The van der Waals surface area contributed by atoms with Gasteiger partial charge in [0, 0.05) is 19.3 Å². The van der Waals surface area contributed by atoms with E-state index < -0.39 is 0 Å². The van der Waals surface area contributed by atoms with Crippen LogP contribution in [0.2, 0.25) is 0 Å². The lowest BCUT2D eigenvalue weighted by Gasteiger charge is -2.08. The van der Waals surface area contributed by atoms with Gasteiger partial charge in [0.2, 0.25) is 0 Å². The molecule has 19 heavy (non-hydrogen) atoms. The third-order valence-corrected chi connectivity index (χ3v) is 3.10. The molecule has 4 heteroatoms. The van der Waals surface area contributed by atoms with Crippen molar-refractivity contribution in [2.24, 2.45) is 0 Å². The van der Waals surface area contributed by atoms with E-state index in [1.165, 1.54) is 11.3 Å². The van der Waals surface area contributed by atoms with Crippen molar-refractivity contribution in [2.75, 3.05) is 6.54 Å². The number of phenols is 1. The van der Waals surface area contributed by atoms with E-state index in [0.29, 0.717) is 5.75 Å². The summed E-state index contributed by atoms with van der Waals surface area (Å²) in [6.45, 7) is 4.96. The maximum atomic E-state index is 9.21. The van der Waals surface area contributed by atoms with Crippen molar-refractivity contribution < 1.29 is 5.11 Å². The van der Waals surface area contributed by atoms with E-state index in [2.05, 4.69) is 21.8 Å². The summed E-state index contributed by atoms with van der Waals surface area (Å²) >= 11 is 0. The summed E-state index contributed by atoms with van der Waals surface area (Å²) in [6, 6.07) is 7.37. The fourth-order valence-corrected chi connectivity index (χ4v) is 2.05. The number of imidazole rings is 1. The number of aryl methyl sites for hydroxylation is 1. The minimum absolute atomic E-state index is 0.320. The van der Waals surface area contributed by atoms with Crippen LogP contribution in [0.5, 0.6) is 5.75 Å². The molecule has 0 atom stereocenters. The molecule has 2 N–H and O–H groups in total. The molecule has 0 aliphatic carbocycles.